The number of hydrogen-bond acceptors (Lipinski definition) is 2. The molecule has 4 heteroatoms. The van der Waals surface area contributed by atoms with Crippen molar-refractivity contribution in [3.05, 3.63) is 35.4 Å². The Bertz CT molecular complexity index is 516. The van der Waals surface area contributed by atoms with E-state index in [1.165, 1.54) is 0 Å². The number of carbonyl (C=O) groups is 2. The summed E-state index contributed by atoms with van der Waals surface area (Å²) in [4.78, 5) is 22.5. The molecule has 0 fully saturated rings. The number of nitrogens with one attached hydrogen (secondary N) is 1. The SMILES string of the molecule is CCC(CC)C(=O)Nc1ccc(C=CC(=O)O)c(C)c1. The molecule has 0 saturated heterocycles. The van der Waals surface area contributed by atoms with Gasteiger partial charge in [-0.2, -0.15) is 0 Å². The first-order valence-electron chi connectivity index (χ1n) is 6.80. The van der Waals surface area contributed by atoms with Crippen molar-refractivity contribution in [2.24, 2.45) is 5.92 Å². The van der Waals surface area contributed by atoms with Crippen molar-refractivity contribution in [3.63, 3.8) is 0 Å². The van der Waals surface area contributed by atoms with Crippen molar-refractivity contribution in [1.82, 2.24) is 0 Å². The summed E-state index contributed by atoms with van der Waals surface area (Å²) < 4.78 is 0. The van der Waals surface area contributed by atoms with E-state index in [2.05, 4.69) is 5.32 Å². The lowest BCUT2D eigenvalue weighted by Gasteiger charge is -2.13. The van der Waals surface area contributed by atoms with Crippen LogP contribution in [0.2, 0.25) is 0 Å². The third kappa shape index (κ3) is 4.53. The van der Waals surface area contributed by atoms with E-state index in [1.807, 2.05) is 26.8 Å². The van der Waals surface area contributed by atoms with Crippen LogP contribution in [0.15, 0.2) is 24.3 Å². The largest absolute Gasteiger partial charge is 0.478 e. The van der Waals surface area contributed by atoms with Crippen LogP contribution >= 0.6 is 0 Å². The fraction of sp³-hybridized carbons (Fsp3) is 0.375. The summed E-state index contributed by atoms with van der Waals surface area (Å²) in [5, 5.41) is 11.5. The maximum Gasteiger partial charge on any atom is 0.328 e. The first-order valence-corrected chi connectivity index (χ1v) is 6.80. The number of hydrogen-bond donors (Lipinski definition) is 2. The zero-order chi connectivity index (χ0) is 15.1. The van der Waals surface area contributed by atoms with Gasteiger partial charge in [0, 0.05) is 17.7 Å². The molecule has 1 amide bonds. The van der Waals surface area contributed by atoms with Gasteiger partial charge in [0.1, 0.15) is 0 Å². The van der Waals surface area contributed by atoms with Crippen molar-refractivity contribution < 1.29 is 14.7 Å². The molecule has 2 N–H and O–H groups in total. The minimum Gasteiger partial charge on any atom is -0.478 e. The van der Waals surface area contributed by atoms with Gasteiger partial charge < -0.3 is 10.4 Å². The molecule has 0 atom stereocenters. The van der Waals surface area contributed by atoms with E-state index in [0.29, 0.717) is 0 Å². The molecule has 0 aliphatic carbocycles. The Morgan fingerprint density at radius 1 is 1.30 bits per heavy atom. The normalized spacial score (nSPS) is 11.0. The van der Waals surface area contributed by atoms with E-state index in [9.17, 15) is 9.59 Å². The van der Waals surface area contributed by atoms with Gasteiger partial charge in [0.15, 0.2) is 0 Å². The summed E-state index contributed by atoms with van der Waals surface area (Å²) in [5.74, 6) is -0.916. The van der Waals surface area contributed by atoms with Crippen LogP contribution in [0.5, 0.6) is 0 Å². The number of aliphatic carboxylic acids is 1. The molecular weight excluding hydrogens is 254 g/mol. The molecule has 0 heterocycles. The van der Waals surface area contributed by atoms with Crippen LogP contribution in [0.4, 0.5) is 5.69 Å². The molecule has 0 saturated carbocycles. The van der Waals surface area contributed by atoms with E-state index in [0.717, 1.165) is 35.7 Å². The van der Waals surface area contributed by atoms with Gasteiger partial charge in [0.25, 0.3) is 0 Å². The zero-order valence-corrected chi connectivity index (χ0v) is 12.1. The number of anilines is 1. The summed E-state index contributed by atoms with van der Waals surface area (Å²) in [6.45, 7) is 5.88. The molecule has 20 heavy (non-hydrogen) atoms. The van der Waals surface area contributed by atoms with Gasteiger partial charge >= 0.3 is 5.97 Å². The van der Waals surface area contributed by atoms with Crippen LogP contribution < -0.4 is 5.32 Å². The molecule has 0 spiro atoms. The maximum absolute atomic E-state index is 12.0. The fourth-order valence-corrected chi connectivity index (χ4v) is 2.01. The number of aryl methyl sites for hydroxylation is 1. The Balaban J connectivity index is 2.82. The van der Waals surface area contributed by atoms with Gasteiger partial charge in [0.2, 0.25) is 5.91 Å². The Labute approximate surface area is 119 Å². The first-order chi connectivity index (χ1) is 9.47. The van der Waals surface area contributed by atoms with E-state index >= 15 is 0 Å². The van der Waals surface area contributed by atoms with Crippen molar-refractivity contribution in [2.75, 3.05) is 5.32 Å². The van der Waals surface area contributed by atoms with Gasteiger partial charge in [-0.25, -0.2) is 4.79 Å². The minimum absolute atomic E-state index is 0.0295. The quantitative estimate of drug-likeness (QED) is 0.781. The number of benzene rings is 1. The topological polar surface area (TPSA) is 66.4 Å². The average Bonchev–Trinajstić information content (AvgIpc) is 2.39. The van der Waals surface area contributed by atoms with Gasteiger partial charge in [-0.1, -0.05) is 19.9 Å². The Morgan fingerprint density at radius 3 is 2.45 bits per heavy atom. The molecule has 1 aromatic rings. The highest BCUT2D eigenvalue weighted by atomic mass is 16.4. The highest BCUT2D eigenvalue weighted by Gasteiger charge is 2.14. The Kier molecular flexibility index (Phi) is 5.97. The highest BCUT2D eigenvalue weighted by Crippen LogP contribution is 2.18. The van der Waals surface area contributed by atoms with Crippen molar-refractivity contribution in [3.8, 4) is 0 Å². The molecule has 108 valence electrons. The summed E-state index contributed by atoms with van der Waals surface area (Å²) >= 11 is 0. The van der Waals surface area contributed by atoms with Crippen molar-refractivity contribution in [2.45, 2.75) is 33.6 Å². The number of carbonyl (C=O) groups excluding carboxylic acids is 1. The van der Waals surface area contributed by atoms with Crippen LogP contribution in [0.25, 0.3) is 6.08 Å². The number of amides is 1. The maximum atomic E-state index is 12.0. The second-order valence-corrected chi connectivity index (χ2v) is 4.75. The van der Waals surface area contributed by atoms with Crippen LogP contribution in [0.3, 0.4) is 0 Å². The lowest BCUT2D eigenvalue weighted by Crippen LogP contribution is -2.21. The minimum atomic E-state index is -0.976. The molecule has 4 nitrogen and oxygen atoms in total. The van der Waals surface area contributed by atoms with Crippen LogP contribution in [0, 0.1) is 12.8 Å². The molecular formula is C16H21NO3. The van der Waals surface area contributed by atoms with Gasteiger partial charge in [-0.15, -0.1) is 0 Å². The number of carboxylic acids is 1. The van der Waals surface area contributed by atoms with Crippen molar-refractivity contribution in [1.29, 1.82) is 0 Å². The smallest absolute Gasteiger partial charge is 0.328 e. The molecule has 0 radical (unpaired) electrons. The monoisotopic (exact) mass is 275 g/mol. The molecule has 0 aliphatic rings. The van der Waals surface area contributed by atoms with Gasteiger partial charge in [-0.3, -0.25) is 4.79 Å². The van der Waals surface area contributed by atoms with Crippen LogP contribution in [-0.2, 0) is 9.59 Å². The second kappa shape index (κ2) is 7.48. The summed E-state index contributed by atoms with van der Waals surface area (Å²) in [6, 6.07) is 5.44. The van der Waals surface area contributed by atoms with E-state index in [-0.39, 0.29) is 11.8 Å². The average molecular weight is 275 g/mol. The lowest BCUT2D eigenvalue weighted by atomic mass is 10.0. The van der Waals surface area contributed by atoms with Gasteiger partial charge in [0.05, 0.1) is 0 Å². The Hall–Kier alpha value is -2.10. The van der Waals surface area contributed by atoms with Gasteiger partial charge in [-0.05, 0) is 49.1 Å². The molecule has 0 bridgehead atoms. The third-order valence-corrected chi connectivity index (χ3v) is 3.30. The van der Waals surface area contributed by atoms with Crippen LogP contribution in [0.1, 0.15) is 37.8 Å². The highest BCUT2D eigenvalue weighted by molar-refractivity contribution is 5.93. The molecule has 1 rings (SSSR count). The molecule has 0 aliphatic heterocycles. The first kappa shape index (κ1) is 16.0. The zero-order valence-electron chi connectivity index (χ0n) is 12.1. The molecule has 0 unspecified atom stereocenters. The predicted molar refractivity (Wildman–Crippen MR) is 80.6 cm³/mol. The molecule has 0 aromatic heterocycles. The second-order valence-electron chi connectivity index (χ2n) is 4.75. The van der Waals surface area contributed by atoms with Crippen molar-refractivity contribution >= 4 is 23.6 Å². The predicted octanol–water partition coefficient (Wildman–Crippen LogP) is 3.47. The van der Waals surface area contributed by atoms with E-state index < -0.39 is 5.97 Å². The summed E-state index contributed by atoms with van der Waals surface area (Å²) in [5.41, 5.74) is 2.49. The Morgan fingerprint density at radius 2 is 1.95 bits per heavy atom. The summed E-state index contributed by atoms with van der Waals surface area (Å²) in [6.07, 6.45) is 4.29. The standard InChI is InChI=1S/C16H21NO3/c1-4-12(5-2)16(20)17-14-8-6-13(11(3)10-14)7-9-15(18)19/h6-10,12H,4-5H2,1-3H3,(H,17,20)(H,18,19). The summed E-state index contributed by atoms with van der Waals surface area (Å²) in [7, 11) is 0. The van der Waals surface area contributed by atoms with Crippen LogP contribution in [-0.4, -0.2) is 17.0 Å². The number of carboxylic acid groups (broad SMARTS) is 1. The fourth-order valence-electron chi connectivity index (χ4n) is 2.01. The van der Waals surface area contributed by atoms with E-state index in [1.54, 1.807) is 18.2 Å². The lowest BCUT2D eigenvalue weighted by molar-refractivity contribution is -0.131. The molecule has 1 aromatic carbocycles. The number of rotatable bonds is 6. The van der Waals surface area contributed by atoms with E-state index in [4.69, 9.17) is 5.11 Å². The third-order valence-electron chi connectivity index (χ3n) is 3.30.